The second-order valence-corrected chi connectivity index (χ2v) is 7.85. The van der Waals surface area contributed by atoms with E-state index in [1.54, 1.807) is 43.6 Å². The molecule has 4 rings (SSSR count). The molecule has 0 radical (unpaired) electrons. The Morgan fingerprint density at radius 1 is 1.11 bits per heavy atom. The Balaban J connectivity index is 1.67. The summed E-state index contributed by atoms with van der Waals surface area (Å²) >= 11 is 0. The number of carbonyl (C=O) groups excluding carboxylic acids is 1. The predicted octanol–water partition coefficient (Wildman–Crippen LogP) is 4.61. The molecule has 11 heteroatoms. The van der Waals surface area contributed by atoms with Gasteiger partial charge >= 0.3 is 6.36 Å². The van der Waals surface area contributed by atoms with Gasteiger partial charge in [0.1, 0.15) is 17.4 Å². The number of pyridine rings is 2. The zero-order valence-electron chi connectivity index (χ0n) is 18.8. The number of halogens is 3. The number of hydrogen-bond acceptors (Lipinski definition) is 7. The van der Waals surface area contributed by atoms with Gasteiger partial charge in [0, 0.05) is 23.3 Å². The van der Waals surface area contributed by atoms with Gasteiger partial charge in [0.05, 0.1) is 30.0 Å². The highest BCUT2D eigenvalue weighted by Crippen LogP contribution is 2.26. The number of fused-ring (bicyclic) bond motifs is 1. The summed E-state index contributed by atoms with van der Waals surface area (Å²) in [6.45, 7) is 3.60. The Hall–Kier alpha value is -4.28. The predicted molar refractivity (Wildman–Crippen MR) is 122 cm³/mol. The Morgan fingerprint density at radius 3 is 2.51 bits per heavy atom. The Bertz CT molecular complexity index is 1350. The van der Waals surface area contributed by atoms with Crippen LogP contribution in [0.15, 0.2) is 61.1 Å². The lowest BCUT2D eigenvalue weighted by Crippen LogP contribution is -2.34. The van der Waals surface area contributed by atoms with Crippen LogP contribution in [0.4, 0.5) is 19.0 Å². The van der Waals surface area contributed by atoms with Crippen LogP contribution >= 0.6 is 0 Å². The van der Waals surface area contributed by atoms with Gasteiger partial charge in [0.25, 0.3) is 5.91 Å². The van der Waals surface area contributed by atoms with Crippen LogP contribution in [0.25, 0.3) is 10.9 Å². The third-order valence-corrected chi connectivity index (χ3v) is 5.34. The monoisotopic (exact) mass is 482 g/mol. The van der Waals surface area contributed by atoms with Gasteiger partial charge in [-0.3, -0.25) is 9.78 Å². The molecule has 3 heterocycles. The molecule has 0 saturated carbocycles. The quantitative estimate of drug-likeness (QED) is 0.428. The summed E-state index contributed by atoms with van der Waals surface area (Å²) in [7, 11) is 0. The number of nitrogens with zero attached hydrogens (tertiary/aromatic N) is 5. The number of ether oxygens (including phenoxy) is 1. The molecule has 0 fully saturated rings. The van der Waals surface area contributed by atoms with E-state index >= 15 is 0 Å². The van der Waals surface area contributed by atoms with Crippen molar-refractivity contribution in [3.63, 3.8) is 0 Å². The maximum absolute atomic E-state index is 13.6. The van der Waals surface area contributed by atoms with Crippen LogP contribution in [0.1, 0.15) is 40.4 Å². The summed E-state index contributed by atoms with van der Waals surface area (Å²) in [5.74, 6) is 0.0370. The molecule has 0 aliphatic heterocycles. The molecule has 35 heavy (non-hydrogen) atoms. The molecule has 0 unspecified atom stereocenters. The van der Waals surface area contributed by atoms with Crippen LogP contribution in [0.2, 0.25) is 0 Å². The van der Waals surface area contributed by atoms with Crippen molar-refractivity contribution in [3.8, 4) is 5.75 Å². The molecule has 3 aromatic heterocycles. The number of carbonyl (C=O) groups is 1. The van der Waals surface area contributed by atoms with E-state index in [9.17, 15) is 18.0 Å². The number of amides is 1. The molecule has 1 amide bonds. The Labute approximate surface area is 198 Å². The highest BCUT2D eigenvalue weighted by atomic mass is 19.4. The van der Waals surface area contributed by atoms with Gasteiger partial charge in [-0.2, -0.15) is 0 Å². The molecule has 2 N–H and O–H groups in total. The highest BCUT2D eigenvalue weighted by Gasteiger charge is 2.31. The van der Waals surface area contributed by atoms with Gasteiger partial charge in [-0.15, -0.1) is 13.2 Å². The number of nitrogens with two attached hydrogens (primary N) is 1. The van der Waals surface area contributed by atoms with Crippen LogP contribution in [0.5, 0.6) is 5.75 Å². The van der Waals surface area contributed by atoms with E-state index in [-0.39, 0.29) is 12.5 Å². The third-order valence-electron chi connectivity index (χ3n) is 5.34. The maximum atomic E-state index is 13.6. The molecule has 4 aromatic rings. The van der Waals surface area contributed by atoms with Gasteiger partial charge in [-0.1, -0.05) is 0 Å². The molecule has 0 bridgehead atoms. The van der Waals surface area contributed by atoms with Crippen LogP contribution < -0.4 is 10.5 Å². The highest BCUT2D eigenvalue weighted by molar-refractivity contribution is 5.98. The normalized spacial score (nSPS) is 12.4. The summed E-state index contributed by atoms with van der Waals surface area (Å²) in [5, 5.41) is 0.748. The van der Waals surface area contributed by atoms with Crippen molar-refractivity contribution in [3.05, 3.63) is 83.7 Å². The molecule has 0 saturated heterocycles. The maximum Gasteiger partial charge on any atom is 0.573 e. The lowest BCUT2D eigenvalue weighted by Gasteiger charge is -2.28. The fourth-order valence-corrected chi connectivity index (χ4v) is 3.52. The lowest BCUT2D eigenvalue weighted by atomic mass is 10.1. The van der Waals surface area contributed by atoms with E-state index in [1.807, 2.05) is 13.0 Å². The van der Waals surface area contributed by atoms with Crippen LogP contribution in [0.3, 0.4) is 0 Å². The van der Waals surface area contributed by atoms with E-state index in [0.29, 0.717) is 28.4 Å². The number of aromatic nitrogens is 4. The largest absolute Gasteiger partial charge is 0.573 e. The average Bonchev–Trinajstić information content (AvgIpc) is 2.83. The van der Waals surface area contributed by atoms with Gasteiger partial charge in [0.2, 0.25) is 0 Å². The number of nitrogen functional groups attached to an aromatic ring is 1. The van der Waals surface area contributed by atoms with Gasteiger partial charge in [0.15, 0.2) is 0 Å². The van der Waals surface area contributed by atoms with E-state index in [1.165, 1.54) is 11.0 Å². The molecule has 0 spiro atoms. The Kier molecular flexibility index (Phi) is 6.50. The smallest absolute Gasteiger partial charge is 0.404 e. The molecule has 8 nitrogen and oxygen atoms in total. The number of aryl methyl sites for hydroxylation is 1. The molecule has 0 aliphatic rings. The van der Waals surface area contributed by atoms with Gasteiger partial charge < -0.3 is 15.4 Å². The van der Waals surface area contributed by atoms with Crippen LogP contribution in [0, 0.1) is 6.92 Å². The molecular formula is C24H21F3N6O2. The summed E-state index contributed by atoms with van der Waals surface area (Å²) in [4.78, 5) is 32.0. The van der Waals surface area contributed by atoms with Crippen molar-refractivity contribution in [1.82, 2.24) is 24.8 Å². The topological polar surface area (TPSA) is 107 Å². The van der Waals surface area contributed by atoms with E-state index in [4.69, 9.17) is 5.73 Å². The molecular weight excluding hydrogens is 461 g/mol. The van der Waals surface area contributed by atoms with Crippen molar-refractivity contribution in [2.24, 2.45) is 0 Å². The molecule has 0 aliphatic carbocycles. The number of anilines is 1. The van der Waals surface area contributed by atoms with Gasteiger partial charge in [-0.25, -0.2) is 15.0 Å². The van der Waals surface area contributed by atoms with Crippen LogP contribution in [-0.2, 0) is 6.54 Å². The van der Waals surface area contributed by atoms with Gasteiger partial charge in [-0.05, 0) is 61.9 Å². The number of hydrogen-bond donors (Lipinski definition) is 1. The first kappa shape index (κ1) is 23.9. The third kappa shape index (κ3) is 5.62. The number of benzene rings is 1. The average molecular weight is 482 g/mol. The minimum absolute atomic E-state index is 0.00159. The van der Waals surface area contributed by atoms with E-state index in [0.717, 1.165) is 23.2 Å². The van der Waals surface area contributed by atoms with E-state index in [2.05, 4.69) is 24.7 Å². The minimum atomic E-state index is -4.82. The number of rotatable bonds is 6. The SMILES string of the molecule is Cc1cc2cc(C(=O)N(Cc3ccc(OC(F)(F)F)cn3)[C@H](C)c3ncccn3)ccc2nc1N. The summed E-state index contributed by atoms with van der Waals surface area (Å²) < 4.78 is 41.3. The second-order valence-electron chi connectivity index (χ2n) is 7.85. The standard InChI is InChI=1S/C24H21F3N6O2/c1-14-10-17-11-16(4-7-20(17)32-21(14)28)23(34)33(15(2)22-29-8-3-9-30-22)13-18-5-6-19(12-31-18)35-24(25,26)27/h3-12,15H,13H2,1-2H3,(H2,28,32)/t15-/m1/s1. The van der Waals surface area contributed by atoms with E-state index < -0.39 is 18.2 Å². The molecule has 180 valence electrons. The first-order valence-corrected chi connectivity index (χ1v) is 10.6. The molecule has 1 atom stereocenters. The summed E-state index contributed by atoms with van der Waals surface area (Å²) in [5.41, 5.74) is 8.08. The lowest BCUT2D eigenvalue weighted by molar-refractivity contribution is -0.274. The van der Waals surface area contributed by atoms with Crippen molar-refractivity contribution >= 4 is 22.6 Å². The fraction of sp³-hybridized carbons (Fsp3) is 0.208. The summed E-state index contributed by atoms with van der Waals surface area (Å²) in [6, 6.07) is 10.5. The van der Waals surface area contributed by atoms with Crippen molar-refractivity contribution in [2.75, 3.05) is 5.73 Å². The first-order chi connectivity index (χ1) is 16.6. The zero-order valence-corrected chi connectivity index (χ0v) is 18.8. The second kappa shape index (κ2) is 9.53. The number of alkyl halides is 3. The first-order valence-electron chi connectivity index (χ1n) is 10.6. The molecule has 1 aromatic carbocycles. The van der Waals surface area contributed by atoms with Crippen LogP contribution in [-0.4, -0.2) is 37.1 Å². The minimum Gasteiger partial charge on any atom is -0.404 e. The van der Waals surface area contributed by atoms with Crippen molar-refractivity contribution in [1.29, 1.82) is 0 Å². The zero-order chi connectivity index (χ0) is 25.2. The fourth-order valence-electron chi connectivity index (χ4n) is 3.52. The summed E-state index contributed by atoms with van der Waals surface area (Å²) in [6.07, 6.45) is -0.724. The Morgan fingerprint density at radius 2 is 1.86 bits per heavy atom. The van der Waals surface area contributed by atoms with Crippen molar-refractivity contribution in [2.45, 2.75) is 32.8 Å². The van der Waals surface area contributed by atoms with Crippen molar-refractivity contribution < 1.29 is 22.7 Å².